The van der Waals surface area contributed by atoms with E-state index in [9.17, 15) is 0 Å². The minimum absolute atomic E-state index is 0.554. The standard InChI is InChI=1S/C60H40N2.C40H26Br2N2.C10H9BO2/c1-3-18-43(19-4-1)57-37-51(39-59(61-57)49-28-12-26-47(35-49)55-32-14-22-41-16-7-9-30-53(41)55)45-24-11-25-46(34-45)52-38-58(44-20-5-2-6-21-44)62-60(40-52)50-29-13-27-48(36-50)56-33-15-23-42-17-8-10-31-54(42)56;41-35-18-8-16-31(21-35)39-25-33(23-37(43-39)27-10-3-1-4-11-27)29-14-7-15-30(20-29)34-24-38(28-12-5-2-6-13-28)44-40(26-34)32-17-9-19-36(42)22-32;12-11(13)10-7-3-5-8-4-1-2-6-9(8)10/h1-40H;1-26H;1-7,12-13H. The SMILES string of the molecule is Brc1cccc(-c2cc(-c3cccc(-c4cc(-c5ccccc5)nc(-c5cccc(Br)c5)c4)c3)cc(-c3ccccc3)n2)c1.OB(O)c1cccc2ccccc12.c1ccc(-c2cc(-c3cccc(-c4cc(-c5ccccc5)nc(-c5cccc(-c6cccc7ccccc67)c5)c4)c3)cc(-c3cccc(-c4cccc5ccccc45)c3)n2)cc1. The first-order valence-corrected chi connectivity index (χ1v) is 41.2. The van der Waals surface area contributed by atoms with Crippen LogP contribution in [-0.2, 0) is 0 Å². The van der Waals surface area contributed by atoms with Gasteiger partial charge in [-0.1, -0.05) is 378 Å². The highest BCUT2D eigenvalue weighted by atomic mass is 79.9. The van der Waals surface area contributed by atoms with Gasteiger partial charge >= 0.3 is 7.12 Å². The summed E-state index contributed by atoms with van der Waals surface area (Å²) in [6, 6.07) is 155. The molecule has 564 valence electrons. The van der Waals surface area contributed by atoms with Gasteiger partial charge in [-0.25, -0.2) is 19.9 Å². The Morgan fingerprint density at radius 3 is 0.706 bits per heavy atom. The Labute approximate surface area is 709 Å². The molecule has 0 amide bonds. The second-order valence-electron chi connectivity index (χ2n) is 29.3. The van der Waals surface area contributed by atoms with Gasteiger partial charge in [0.05, 0.1) is 45.6 Å². The molecule has 0 atom stereocenters. The molecule has 20 aromatic rings. The molecule has 16 aromatic carbocycles. The molecule has 0 unspecified atom stereocenters. The van der Waals surface area contributed by atoms with Crippen molar-refractivity contribution in [3.63, 3.8) is 0 Å². The Balaban J connectivity index is 0.000000148. The predicted octanol–water partition coefficient (Wildman–Crippen LogP) is 28.6. The molecule has 0 fully saturated rings. The van der Waals surface area contributed by atoms with Crippen LogP contribution in [0.3, 0.4) is 0 Å². The Kier molecular flexibility index (Phi) is 22.5. The summed E-state index contributed by atoms with van der Waals surface area (Å²) < 4.78 is 2.05. The van der Waals surface area contributed by atoms with Crippen molar-refractivity contribution >= 4 is 76.8 Å². The molecule has 0 aliphatic heterocycles. The largest absolute Gasteiger partial charge is 0.489 e. The van der Waals surface area contributed by atoms with Gasteiger partial charge in [0.1, 0.15) is 0 Å². The van der Waals surface area contributed by atoms with Crippen LogP contribution in [-0.4, -0.2) is 37.1 Å². The lowest BCUT2D eigenvalue weighted by atomic mass is 9.77. The molecule has 119 heavy (non-hydrogen) atoms. The lowest BCUT2D eigenvalue weighted by Gasteiger charge is -2.14. The molecule has 4 heterocycles. The zero-order valence-corrected chi connectivity index (χ0v) is 67.8. The van der Waals surface area contributed by atoms with Gasteiger partial charge < -0.3 is 10.0 Å². The highest BCUT2D eigenvalue weighted by Crippen LogP contribution is 2.41. The predicted molar refractivity (Wildman–Crippen MR) is 504 cm³/mol. The lowest BCUT2D eigenvalue weighted by molar-refractivity contribution is 0.426. The smallest absolute Gasteiger partial charge is 0.423 e. The summed E-state index contributed by atoms with van der Waals surface area (Å²) in [5, 5.41) is 25.0. The summed E-state index contributed by atoms with van der Waals surface area (Å²) >= 11 is 7.27. The fourth-order valence-electron chi connectivity index (χ4n) is 15.6. The molecule has 0 saturated carbocycles. The molecule has 20 rings (SSSR count). The highest BCUT2D eigenvalue weighted by molar-refractivity contribution is 9.10. The summed E-state index contributed by atoms with van der Waals surface area (Å²) in [5.41, 5.74) is 30.3. The van der Waals surface area contributed by atoms with E-state index in [2.05, 4.69) is 396 Å². The van der Waals surface area contributed by atoms with Crippen LogP contribution in [0.25, 0.3) is 189 Å². The molecule has 0 bridgehead atoms. The first kappa shape index (κ1) is 76.2. The maximum atomic E-state index is 9.08. The van der Waals surface area contributed by atoms with Crippen molar-refractivity contribution in [2.45, 2.75) is 0 Å². The average Bonchev–Trinajstić information content (AvgIpc) is 0.781. The molecule has 9 heteroatoms. The second-order valence-corrected chi connectivity index (χ2v) is 31.1. The van der Waals surface area contributed by atoms with Crippen LogP contribution < -0.4 is 5.46 Å². The van der Waals surface area contributed by atoms with Crippen LogP contribution in [0, 0.1) is 0 Å². The molecular weight excluding hydrogens is 1580 g/mol. The minimum atomic E-state index is -1.40. The van der Waals surface area contributed by atoms with Gasteiger partial charge in [-0.2, -0.15) is 0 Å². The summed E-state index contributed by atoms with van der Waals surface area (Å²) in [6.45, 7) is 0. The van der Waals surface area contributed by atoms with Crippen LogP contribution in [0.2, 0.25) is 0 Å². The first-order chi connectivity index (χ1) is 58.6. The van der Waals surface area contributed by atoms with E-state index in [1.165, 1.54) is 43.8 Å². The Morgan fingerprint density at radius 2 is 0.387 bits per heavy atom. The number of hydrogen-bond acceptors (Lipinski definition) is 6. The van der Waals surface area contributed by atoms with E-state index >= 15 is 0 Å². The van der Waals surface area contributed by atoms with Crippen molar-refractivity contribution in [2.75, 3.05) is 0 Å². The quantitative estimate of drug-likeness (QED) is 0.0994. The number of hydrogen-bond donors (Lipinski definition) is 2. The zero-order valence-electron chi connectivity index (χ0n) is 64.7. The topological polar surface area (TPSA) is 92.0 Å². The molecule has 4 aromatic heterocycles. The normalized spacial score (nSPS) is 11.0. The molecule has 0 saturated heterocycles. The van der Waals surface area contributed by atoms with E-state index in [1.807, 2.05) is 72.8 Å². The van der Waals surface area contributed by atoms with Crippen molar-refractivity contribution in [3.05, 3.63) is 452 Å². The Morgan fingerprint density at radius 1 is 0.168 bits per heavy atom. The van der Waals surface area contributed by atoms with Crippen molar-refractivity contribution in [1.82, 2.24) is 19.9 Å². The number of pyridine rings is 4. The van der Waals surface area contributed by atoms with Crippen molar-refractivity contribution in [2.24, 2.45) is 0 Å². The molecule has 0 aliphatic rings. The summed E-state index contributed by atoms with van der Waals surface area (Å²) in [7, 11) is -1.40. The highest BCUT2D eigenvalue weighted by Gasteiger charge is 2.19. The maximum Gasteiger partial charge on any atom is 0.489 e. The molecule has 0 radical (unpaired) electrons. The third-order valence-corrected chi connectivity index (χ3v) is 22.5. The van der Waals surface area contributed by atoms with Crippen LogP contribution in [0.1, 0.15) is 0 Å². The van der Waals surface area contributed by atoms with Gasteiger partial charge in [0.2, 0.25) is 0 Å². The van der Waals surface area contributed by atoms with Crippen molar-refractivity contribution in [1.29, 1.82) is 0 Å². The minimum Gasteiger partial charge on any atom is -0.423 e. The number of nitrogens with zero attached hydrogens (tertiary/aromatic N) is 4. The van der Waals surface area contributed by atoms with Crippen molar-refractivity contribution in [3.8, 4) is 157 Å². The van der Waals surface area contributed by atoms with Crippen LogP contribution in [0.4, 0.5) is 0 Å². The fourth-order valence-corrected chi connectivity index (χ4v) is 16.4. The summed E-state index contributed by atoms with van der Waals surface area (Å²) in [4.78, 5) is 20.8. The number of aromatic nitrogens is 4. The van der Waals surface area contributed by atoms with Gasteiger partial charge in [-0.05, 0) is 202 Å². The third kappa shape index (κ3) is 17.4. The second kappa shape index (κ2) is 35.1. The molecule has 0 aliphatic carbocycles. The summed E-state index contributed by atoms with van der Waals surface area (Å²) in [5.74, 6) is 0. The Hall–Kier alpha value is -14.2. The van der Waals surface area contributed by atoms with Crippen LogP contribution >= 0.6 is 31.9 Å². The van der Waals surface area contributed by atoms with E-state index in [0.29, 0.717) is 5.46 Å². The first-order valence-electron chi connectivity index (χ1n) is 39.6. The van der Waals surface area contributed by atoms with Crippen LogP contribution in [0.15, 0.2) is 452 Å². The van der Waals surface area contributed by atoms with E-state index in [1.54, 1.807) is 6.07 Å². The monoisotopic (exact) mass is 1650 g/mol. The van der Waals surface area contributed by atoms with E-state index < -0.39 is 7.12 Å². The number of rotatable bonds is 15. The maximum absolute atomic E-state index is 9.08. The van der Waals surface area contributed by atoms with E-state index in [0.717, 1.165) is 154 Å². The van der Waals surface area contributed by atoms with Crippen LogP contribution in [0.5, 0.6) is 0 Å². The molecule has 6 nitrogen and oxygen atoms in total. The number of halogens is 2. The average molecular weight is 1660 g/mol. The zero-order chi connectivity index (χ0) is 80.4. The van der Waals surface area contributed by atoms with E-state index in [4.69, 9.17) is 30.0 Å². The molecular formula is C110H75BBr2N4O2. The summed E-state index contributed by atoms with van der Waals surface area (Å²) in [6.07, 6.45) is 0. The van der Waals surface area contributed by atoms with Gasteiger partial charge in [0, 0.05) is 53.5 Å². The van der Waals surface area contributed by atoms with Gasteiger partial charge in [-0.15, -0.1) is 0 Å². The fraction of sp³-hybridized carbons (Fsp3) is 0. The lowest BCUT2D eigenvalue weighted by Crippen LogP contribution is -2.30. The van der Waals surface area contributed by atoms with Gasteiger partial charge in [-0.3, -0.25) is 0 Å². The van der Waals surface area contributed by atoms with Gasteiger partial charge in [0.15, 0.2) is 0 Å². The third-order valence-electron chi connectivity index (χ3n) is 21.5. The number of fused-ring (bicyclic) bond motifs is 3. The van der Waals surface area contributed by atoms with Gasteiger partial charge in [0.25, 0.3) is 0 Å². The van der Waals surface area contributed by atoms with Crippen molar-refractivity contribution < 1.29 is 10.0 Å². The van der Waals surface area contributed by atoms with E-state index in [-0.39, 0.29) is 0 Å². The Bertz CT molecular complexity index is 6680. The number of benzene rings is 16. The molecule has 2 N–H and O–H groups in total. The molecule has 0 spiro atoms.